The molecule has 0 spiro atoms. The fraction of sp³-hybridized carbons (Fsp3) is 0.364. The van der Waals surface area contributed by atoms with Gasteiger partial charge >= 0.3 is 5.97 Å². The van der Waals surface area contributed by atoms with E-state index in [9.17, 15) is 18.0 Å². The van der Waals surface area contributed by atoms with Gasteiger partial charge in [0, 0.05) is 12.0 Å². The quantitative estimate of drug-likeness (QED) is 0.730. The third kappa shape index (κ3) is 3.97. The first-order valence-electron chi connectivity index (χ1n) is 9.50. The fourth-order valence-corrected chi connectivity index (χ4v) is 6.01. The molecular weight excluding hydrogens is 390 g/mol. The summed E-state index contributed by atoms with van der Waals surface area (Å²) >= 11 is 0. The van der Waals surface area contributed by atoms with Gasteiger partial charge in [-0.15, -0.1) is 0 Å². The molecule has 4 atom stereocenters. The van der Waals surface area contributed by atoms with Crippen LogP contribution in [0.3, 0.4) is 0 Å². The summed E-state index contributed by atoms with van der Waals surface area (Å²) in [6, 6.07) is 15.3. The SMILES string of the molecule is COC(=O)[C@@H]1N[C@H](c2ccccc2)[C@H](C(=O)C(C)C)[C@H]1S(=O)(=O)c1ccccc1. The van der Waals surface area contributed by atoms with Gasteiger partial charge in [0.05, 0.1) is 17.9 Å². The first kappa shape index (κ1) is 21.2. The molecule has 1 fully saturated rings. The van der Waals surface area contributed by atoms with Crippen LogP contribution in [-0.4, -0.2) is 38.6 Å². The maximum absolute atomic E-state index is 13.6. The van der Waals surface area contributed by atoms with Crippen LogP contribution in [0.2, 0.25) is 0 Å². The number of benzene rings is 2. The third-order valence-corrected chi connectivity index (χ3v) is 7.55. The van der Waals surface area contributed by atoms with Crippen molar-refractivity contribution in [2.75, 3.05) is 7.11 Å². The summed E-state index contributed by atoms with van der Waals surface area (Å²) in [6.07, 6.45) is 0. The zero-order valence-corrected chi connectivity index (χ0v) is 17.4. The smallest absolute Gasteiger partial charge is 0.324 e. The summed E-state index contributed by atoms with van der Waals surface area (Å²) in [5.41, 5.74) is 0.756. The average molecular weight is 416 g/mol. The van der Waals surface area contributed by atoms with Crippen molar-refractivity contribution in [3.8, 4) is 0 Å². The van der Waals surface area contributed by atoms with Gasteiger partial charge in [0.25, 0.3) is 0 Å². The lowest BCUT2D eigenvalue weighted by Gasteiger charge is -2.25. The number of ketones is 1. The first-order chi connectivity index (χ1) is 13.8. The van der Waals surface area contributed by atoms with E-state index < -0.39 is 45.0 Å². The molecule has 154 valence electrons. The lowest BCUT2D eigenvalue weighted by Crippen LogP contribution is -2.46. The van der Waals surface area contributed by atoms with Gasteiger partial charge in [0.2, 0.25) is 0 Å². The Kier molecular flexibility index (Phi) is 6.19. The summed E-state index contributed by atoms with van der Waals surface area (Å²) in [6.45, 7) is 3.48. The van der Waals surface area contributed by atoms with Crippen molar-refractivity contribution < 1.29 is 22.7 Å². The Morgan fingerprint density at radius 3 is 2.03 bits per heavy atom. The summed E-state index contributed by atoms with van der Waals surface area (Å²) < 4.78 is 32.1. The highest BCUT2D eigenvalue weighted by Gasteiger charge is 2.56. The topological polar surface area (TPSA) is 89.5 Å². The number of carbonyl (C=O) groups is 2. The number of esters is 1. The molecule has 7 heteroatoms. The van der Waals surface area contributed by atoms with Crippen molar-refractivity contribution in [2.24, 2.45) is 11.8 Å². The molecule has 0 radical (unpaired) electrons. The van der Waals surface area contributed by atoms with Crippen LogP contribution in [0.4, 0.5) is 0 Å². The van der Waals surface area contributed by atoms with Crippen molar-refractivity contribution >= 4 is 21.6 Å². The summed E-state index contributed by atoms with van der Waals surface area (Å²) in [5.74, 6) is -2.22. The van der Waals surface area contributed by atoms with Gasteiger partial charge in [-0.05, 0) is 17.7 Å². The zero-order chi connectivity index (χ0) is 21.2. The summed E-state index contributed by atoms with van der Waals surface area (Å²) in [7, 11) is -2.78. The van der Waals surface area contributed by atoms with Gasteiger partial charge in [0.1, 0.15) is 17.1 Å². The number of ether oxygens (including phenoxy) is 1. The second-order valence-electron chi connectivity index (χ2n) is 7.46. The molecule has 29 heavy (non-hydrogen) atoms. The number of nitrogens with one attached hydrogen (secondary N) is 1. The molecule has 1 aliphatic rings. The van der Waals surface area contributed by atoms with Gasteiger partial charge in [0.15, 0.2) is 9.84 Å². The van der Waals surface area contributed by atoms with Crippen LogP contribution in [0.25, 0.3) is 0 Å². The molecule has 0 aliphatic carbocycles. The molecule has 0 amide bonds. The highest BCUT2D eigenvalue weighted by molar-refractivity contribution is 7.92. The molecule has 0 unspecified atom stereocenters. The Morgan fingerprint density at radius 1 is 0.966 bits per heavy atom. The molecule has 3 rings (SSSR count). The van der Waals surface area contributed by atoms with Gasteiger partial charge < -0.3 is 4.74 Å². The molecule has 1 aliphatic heterocycles. The predicted octanol–water partition coefficient (Wildman–Crippen LogP) is 2.56. The van der Waals surface area contributed by atoms with Crippen LogP contribution in [0.5, 0.6) is 0 Å². The van der Waals surface area contributed by atoms with E-state index in [1.807, 2.05) is 30.3 Å². The van der Waals surface area contributed by atoms with E-state index in [0.717, 1.165) is 5.56 Å². The van der Waals surface area contributed by atoms with E-state index >= 15 is 0 Å². The summed E-state index contributed by atoms with van der Waals surface area (Å²) in [4.78, 5) is 25.9. The minimum absolute atomic E-state index is 0.0796. The number of hydrogen-bond donors (Lipinski definition) is 1. The van der Waals surface area contributed by atoms with Crippen molar-refractivity contribution in [2.45, 2.75) is 36.1 Å². The molecule has 0 aromatic heterocycles. The Labute approximate surface area is 171 Å². The minimum Gasteiger partial charge on any atom is -0.468 e. The van der Waals surface area contributed by atoms with Crippen LogP contribution in [0, 0.1) is 11.8 Å². The minimum atomic E-state index is -4.00. The van der Waals surface area contributed by atoms with Crippen LogP contribution >= 0.6 is 0 Å². The fourth-order valence-electron chi connectivity index (χ4n) is 3.93. The van der Waals surface area contributed by atoms with Crippen LogP contribution < -0.4 is 5.32 Å². The van der Waals surface area contributed by atoms with Crippen molar-refractivity contribution in [3.63, 3.8) is 0 Å². The molecule has 1 heterocycles. The predicted molar refractivity (Wildman–Crippen MR) is 109 cm³/mol. The Morgan fingerprint density at radius 2 is 1.52 bits per heavy atom. The molecule has 0 bridgehead atoms. The van der Waals surface area contributed by atoms with Gasteiger partial charge in [-0.1, -0.05) is 62.4 Å². The van der Waals surface area contributed by atoms with Gasteiger partial charge in [-0.3, -0.25) is 14.9 Å². The lowest BCUT2D eigenvalue weighted by molar-refractivity contribution is -0.142. The maximum Gasteiger partial charge on any atom is 0.324 e. The van der Waals surface area contributed by atoms with Crippen molar-refractivity contribution in [1.82, 2.24) is 5.32 Å². The van der Waals surface area contributed by atoms with Gasteiger partial charge in [-0.25, -0.2) is 8.42 Å². The van der Waals surface area contributed by atoms with Crippen LogP contribution in [0.1, 0.15) is 25.5 Å². The standard InChI is InChI=1S/C22H25NO5S/c1-14(2)20(24)17-18(15-10-6-4-7-11-15)23-19(22(25)28-3)21(17)29(26,27)16-12-8-5-9-13-16/h4-14,17-19,21,23H,1-3H3/t17-,18-,19-,21-/m1/s1. The van der Waals surface area contributed by atoms with Crippen LogP contribution in [-0.2, 0) is 24.2 Å². The number of methoxy groups -OCH3 is 1. The average Bonchev–Trinajstić information content (AvgIpc) is 3.15. The number of rotatable bonds is 6. The van der Waals surface area contributed by atoms with E-state index in [4.69, 9.17) is 4.74 Å². The Balaban J connectivity index is 2.19. The molecule has 2 aromatic carbocycles. The summed E-state index contributed by atoms with van der Waals surface area (Å²) in [5, 5.41) is 1.83. The van der Waals surface area contributed by atoms with Crippen molar-refractivity contribution in [3.05, 3.63) is 66.2 Å². The second kappa shape index (κ2) is 8.47. The molecule has 1 N–H and O–H groups in total. The van der Waals surface area contributed by atoms with E-state index in [0.29, 0.717) is 0 Å². The van der Waals surface area contributed by atoms with E-state index in [1.54, 1.807) is 32.0 Å². The second-order valence-corrected chi connectivity index (χ2v) is 9.57. The van der Waals surface area contributed by atoms with E-state index in [-0.39, 0.29) is 10.7 Å². The maximum atomic E-state index is 13.6. The molecular formula is C22H25NO5S. The van der Waals surface area contributed by atoms with Gasteiger partial charge in [-0.2, -0.15) is 0 Å². The number of hydrogen-bond acceptors (Lipinski definition) is 6. The van der Waals surface area contributed by atoms with E-state index in [1.165, 1.54) is 19.2 Å². The van der Waals surface area contributed by atoms with Crippen molar-refractivity contribution in [1.29, 1.82) is 0 Å². The molecule has 2 aromatic rings. The molecule has 0 saturated carbocycles. The normalized spacial score (nSPS) is 24.4. The first-order valence-corrected chi connectivity index (χ1v) is 11.0. The monoisotopic (exact) mass is 415 g/mol. The lowest BCUT2D eigenvalue weighted by atomic mass is 9.85. The molecule has 1 saturated heterocycles. The highest BCUT2D eigenvalue weighted by atomic mass is 32.2. The zero-order valence-electron chi connectivity index (χ0n) is 16.6. The number of sulfone groups is 1. The molecule has 6 nitrogen and oxygen atoms in total. The largest absolute Gasteiger partial charge is 0.468 e. The number of carbonyl (C=O) groups excluding carboxylic acids is 2. The van der Waals surface area contributed by atoms with E-state index in [2.05, 4.69) is 5.32 Å². The third-order valence-electron chi connectivity index (χ3n) is 5.34. The Bertz CT molecular complexity index is 973. The highest BCUT2D eigenvalue weighted by Crippen LogP contribution is 2.41. The Hall–Kier alpha value is -2.51. The van der Waals surface area contributed by atoms with Crippen LogP contribution in [0.15, 0.2) is 65.6 Å². The number of Topliss-reactive ketones (excluding diaryl/α,β-unsaturated/α-hetero) is 1.